The van der Waals surface area contributed by atoms with Gasteiger partial charge in [0.2, 0.25) is 5.91 Å². The molecule has 3 N–H and O–H groups in total. The Bertz CT molecular complexity index is 351. The minimum atomic E-state index is -0.631. The van der Waals surface area contributed by atoms with Gasteiger partial charge in [0.05, 0.1) is 22.5 Å². The molecule has 0 bridgehead atoms. The Kier molecular flexibility index (Phi) is 4.79. The maximum absolute atomic E-state index is 12.7. The van der Waals surface area contributed by atoms with E-state index in [0.717, 1.165) is 32.1 Å². The summed E-state index contributed by atoms with van der Waals surface area (Å²) in [7, 11) is 0. The molecule has 0 aromatic carbocycles. The van der Waals surface area contributed by atoms with E-state index in [1.165, 1.54) is 12.8 Å². The molecular formula is C14H24N2O2S. The highest BCUT2D eigenvalue weighted by molar-refractivity contribution is 7.80. The number of nitrogens with one attached hydrogen (secondary N) is 1. The van der Waals surface area contributed by atoms with Crippen molar-refractivity contribution < 1.29 is 9.53 Å². The van der Waals surface area contributed by atoms with Crippen LogP contribution in [0.4, 0.5) is 0 Å². The van der Waals surface area contributed by atoms with Gasteiger partial charge in [-0.25, -0.2) is 0 Å². The quantitative estimate of drug-likeness (QED) is 0.614. The second-order valence-corrected chi connectivity index (χ2v) is 6.24. The van der Waals surface area contributed by atoms with Gasteiger partial charge in [-0.05, 0) is 26.2 Å². The zero-order chi connectivity index (χ0) is 13.9. The van der Waals surface area contributed by atoms with E-state index in [9.17, 15) is 4.79 Å². The van der Waals surface area contributed by atoms with Crippen LogP contribution in [-0.2, 0) is 9.53 Å². The summed E-state index contributed by atoms with van der Waals surface area (Å²) in [5.74, 6) is 0.0178. The lowest BCUT2D eigenvalue weighted by Gasteiger charge is -2.32. The highest BCUT2D eigenvalue weighted by Crippen LogP contribution is 2.36. The first-order valence-electron chi connectivity index (χ1n) is 7.29. The van der Waals surface area contributed by atoms with Crippen LogP contribution in [0.25, 0.3) is 0 Å². The van der Waals surface area contributed by atoms with E-state index in [2.05, 4.69) is 5.32 Å². The molecule has 4 nitrogen and oxygen atoms in total. The van der Waals surface area contributed by atoms with Crippen molar-refractivity contribution in [3.05, 3.63) is 0 Å². The number of hydrogen-bond donors (Lipinski definition) is 2. The first-order chi connectivity index (χ1) is 9.06. The number of hydrogen-bond acceptors (Lipinski definition) is 3. The number of amides is 1. The number of carbonyl (C=O) groups is 1. The monoisotopic (exact) mass is 284 g/mol. The third-order valence-electron chi connectivity index (χ3n) is 4.56. The molecule has 1 saturated carbocycles. The van der Waals surface area contributed by atoms with Gasteiger partial charge in [-0.2, -0.15) is 0 Å². The summed E-state index contributed by atoms with van der Waals surface area (Å²) < 4.78 is 5.49. The molecule has 2 aliphatic rings. The van der Waals surface area contributed by atoms with Crippen LogP contribution in [0.15, 0.2) is 0 Å². The van der Waals surface area contributed by atoms with Gasteiger partial charge in [0.15, 0.2) is 0 Å². The van der Waals surface area contributed by atoms with Gasteiger partial charge >= 0.3 is 0 Å². The average molecular weight is 284 g/mol. The van der Waals surface area contributed by atoms with Gasteiger partial charge in [-0.1, -0.05) is 37.9 Å². The molecule has 2 fully saturated rings. The maximum atomic E-state index is 12.7. The van der Waals surface area contributed by atoms with E-state index in [0.29, 0.717) is 11.6 Å². The Morgan fingerprint density at radius 2 is 1.95 bits per heavy atom. The highest BCUT2D eigenvalue weighted by atomic mass is 32.1. The predicted octanol–water partition coefficient (Wildman–Crippen LogP) is 1.91. The van der Waals surface area contributed by atoms with Crippen molar-refractivity contribution in [3.8, 4) is 0 Å². The summed E-state index contributed by atoms with van der Waals surface area (Å²) in [5.41, 5.74) is 5.29. The summed E-state index contributed by atoms with van der Waals surface area (Å²) in [6.45, 7) is 2.71. The standard InChI is InChI=1S/C14H24N2O2S/c1-10-11(6-9-18-10)16-13(17)14(12(15)19)7-4-2-3-5-8-14/h10-11H,2-9H2,1H3,(H2,15,19)(H,16,17). The first kappa shape index (κ1) is 14.7. The Hall–Kier alpha value is -0.680. The minimum Gasteiger partial charge on any atom is -0.392 e. The number of rotatable bonds is 3. The Labute approximate surface area is 120 Å². The minimum absolute atomic E-state index is 0.0178. The zero-order valence-corrected chi connectivity index (χ0v) is 12.4. The average Bonchev–Trinajstić information content (AvgIpc) is 2.66. The van der Waals surface area contributed by atoms with Crippen LogP contribution in [0.5, 0.6) is 0 Å². The lowest BCUT2D eigenvalue weighted by molar-refractivity contribution is -0.129. The molecule has 0 aromatic rings. The van der Waals surface area contributed by atoms with Gasteiger partial charge in [0.25, 0.3) is 0 Å². The van der Waals surface area contributed by atoms with Crippen LogP contribution in [0, 0.1) is 5.41 Å². The largest absolute Gasteiger partial charge is 0.392 e. The molecule has 1 saturated heterocycles. The molecular weight excluding hydrogens is 260 g/mol. The second kappa shape index (κ2) is 6.18. The van der Waals surface area contributed by atoms with E-state index >= 15 is 0 Å². The first-order valence-corrected chi connectivity index (χ1v) is 7.69. The summed E-state index contributed by atoms with van der Waals surface area (Å²) >= 11 is 5.22. The van der Waals surface area contributed by atoms with Gasteiger partial charge < -0.3 is 15.8 Å². The summed E-state index contributed by atoms with van der Waals surface area (Å²) in [4.78, 5) is 13.0. The van der Waals surface area contributed by atoms with Crippen LogP contribution in [0.1, 0.15) is 51.9 Å². The number of nitrogens with two attached hydrogens (primary N) is 1. The van der Waals surface area contributed by atoms with E-state index in [-0.39, 0.29) is 18.1 Å². The molecule has 0 spiro atoms. The molecule has 19 heavy (non-hydrogen) atoms. The smallest absolute Gasteiger partial charge is 0.233 e. The third-order valence-corrected chi connectivity index (χ3v) is 4.95. The summed E-state index contributed by atoms with van der Waals surface area (Å²) in [6.07, 6.45) is 6.93. The fourth-order valence-corrected chi connectivity index (χ4v) is 3.44. The molecule has 5 heteroatoms. The Morgan fingerprint density at radius 1 is 1.32 bits per heavy atom. The van der Waals surface area contributed by atoms with Crippen LogP contribution in [0.3, 0.4) is 0 Å². The second-order valence-electron chi connectivity index (χ2n) is 5.81. The molecule has 2 atom stereocenters. The molecule has 0 radical (unpaired) electrons. The van der Waals surface area contributed by atoms with Crippen molar-refractivity contribution in [2.45, 2.75) is 64.0 Å². The molecule has 0 aromatic heterocycles. The van der Waals surface area contributed by atoms with Crippen LogP contribution in [-0.4, -0.2) is 29.6 Å². The normalized spacial score (nSPS) is 30.6. The van der Waals surface area contributed by atoms with Crippen LogP contribution < -0.4 is 11.1 Å². The van der Waals surface area contributed by atoms with Crippen molar-refractivity contribution in [1.29, 1.82) is 0 Å². The molecule has 1 amide bonds. The number of carbonyl (C=O) groups excluding carboxylic acids is 1. The molecule has 108 valence electrons. The van der Waals surface area contributed by atoms with Crippen molar-refractivity contribution in [2.75, 3.05) is 6.61 Å². The Morgan fingerprint density at radius 3 is 2.42 bits per heavy atom. The molecule has 1 aliphatic heterocycles. The van der Waals surface area contributed by atoms with Gasteiger partial charge in [-0.3, -0.25) is 4.79 Å². The molecule has 2 unspecified atom stereocenters. The van der Waals surface area contributed by atoms with E-state index in [1.54, 1.807) is 0 Å². The number of thiocarbonyl (C=S) groups is 1. The lowest BCUT2D eigenvalue weighted by Crippen LogP contribution is -2.52. The molecule has 2 rings (SSSR count). The van der Waals surface area contributed by atoms with Gasteiger partial charge in [-0.15, -0.1) is 0 Å². The summed E-state index contributed by atoms with van der Waals surface area (Å²) in [6, 6.07) is 0.0991. The fourth-order valence-electron chi connectivity index (χ4n) is 3.15. The van der Waals surface area contributed by atoms with Crippen LogP contribution in [0.2, 0.25) is 0 Å². The zero-order valence-electron chi connectivity index (χ0n) is 11.6. The lowest BCUT2D eigenvalue weighted by atomic mass is 9.79. The van der Waals surface area contributed by atoms with Crippen molar-refractivity contribution in [2.24, 2.45) is 11.1 Å². The van der Waals surface area contributed by atoms with E-state index < -0.39 is 5.41 Å². The van der Waals surface area contributed by atoms with Crippen molar-refractivity contribution >= 4 is 23.1 Å². The molecule has 1 heterocycles. The van der Waals surface area contributed by atoms with E-state index in [4.69, 9.17) is 22.7 Å². The van der Waals surface area contributed by atoms with Crippen molar-refractivity contribution in [3.63, 3.8) is 0 Å². The predicted molar refractivity (Wildman–Crippen MR) is 78.9 cm³/mol. The molecule has 1 aliphatic carbocycles. The summed E-state index contributed by atoms with van der Waals surface area (Å²) in [5, 5.41) is 3.12. The van der Waals surface area contributed by atoms with Crippen molar-refractivity contribution in [1.82, 2.24) is 5.32 Å². The van der Waals surface area contributed by atoms with Gasteiger partial charge in [0.1, 0.15) is 0 Å². The number of ether oxygens (including phenoxy) is 1. The van der Waals surface area contributed by atoms with E-state index in [1.807, 2.05) is 6.92 Å². The third kappa shape index (κ3) is 3.08. The maximum Gasteiger partial charge on any atom is 0.233 e. The Balaban J connectivity index is 2.09. The van der Waals surface area contributed by atoms with Gasteiger partial charge in [0, 0.05) is 6.61 Å². The highest BCUT2D eigenvalue weighted by Gasteiger charge is 2.43. The fraction of sp³-hybridized carbons (Fsp3) is 0.857. The van der Waals surface area contributed by atoms with Crippen LogP contribution >= 0.6 is 12.2 Å². The topological polar surface area (TPSA) is 64.3 Å². The SMILES string of the molecule is CC1OCCC1NC(=O)C1(C(N)=S)CCCCCC1.